The van der Waals surface area contributed by atoms with Crippen LogP contribution in [-0.2, 0) is 0 Å². The molecule has 3 N–H and O–H groups in total. The molecular formula is C11H12NO2+. The zero-order valence-corrected chi connectivity index (χ0v) is 7.64. The molecule has 0 aromatic heterocycles. The Morgan fingerprint density at radius 3 is 2.71 bits per heavy atom. The van der Waals surface area contributed by atoms with E-state index in [1.807, 2.05) is 24.4 Å². The van der Waals surface area contributed by atoms with E-state index in [4.69, 9.17) is 0 Å². The molecule has 1 aromatic rings. The van der Waals surface area contributed by atoms with Gasteiger partial charge in [-0.3, -0.25) is 4.90 Å². The van der Waals surface area contributed by atoms with E-state index < -0.39 is 0 Å². The van der Waals surface area contributed by atoms with E-state index in [-0.39, 0.29) is 11.5 Å². The zero-order valence-electron chi connectivity index (χ0n) is 7.64. The highest BCUT2D eigenvalue weighted by molar-refractivity contribution is 5.49. The fourth-order valence-electron chi connectivity index (χ4n) is 1.49. The van der Waals surface area contributed by atoms with Crippen LogP contribution in [0.2, 0.25) is 0 Å². The van der Waals surface area contributed by atoms with Gasteiger partial charge in [0.15, 0.2) is 11.4 Å². The van der Waals surface area contributed by atoms with Gasteiger partial charge in [0.2, 0.25) is 0 Å². The number of aromatic hydroxyl groups is 2. The van der Waals surface area contributed by atoms with Crippen LogP contribution in [0.3, 0.4) is 0 Å². The summed E-state index contributed by atoms with van der Waals surface area (Å²) in [7, 11) is 0. The van der Waals surface area contributed by atoms with Crippen molar-refractivity contribution >= 4 is 5.69 Å². The van der Waals surface area contributed by atoms with Crippen molar-refractivity contribution in [2.75, 3.05) is 6.54 Å². The molecule has 1 aliphatic heterocycles. The summed E-state index contributed by atoms with van der Waals surface area (Å²) >= 11 is 0. The summed E-state index contributed by atoms with van der Waals surface area (Å²) in [5.41, 5.74) is 0.700. The van der Waals surface area contributed by atoms with Crippen molar-refractivity contribution < 1.29 is 15.1 Å². The molecule has 0 fully saturated rings. The third-order valence-corrected chi connectivity index (χ3v) is 2.21. The van der Waals surface area contributed by atoms with E-state index in [1.165, 1.54) is 12.1 Å². The Balaban J connectivity index is 2.35. The number of phenolic OH excluding ortho intramolecular Hbond substituents is 2. The number of hydrogen-bond acceptors (Lipinski definition) is 2. The van der Waals surface area contributed by atoms with Gasteiger partial charge in [-0.05, 0) is 24.3 Å². The normalized spacial score (nSPS) is 19.9. The SMILES string of the molecule is Oc1ccc(O)c([NH+]2C=CC=CC2)c1. The van der Waals surface area contributed by atoms with Gasteiger partial charge in [-0.25, -0.2) is 0 Å². The summed E-state index contributed by atoms with van der Waals surface area (Å²) in [6, 6.07) is 4.56. The summed E-state index contributed by atoms with van der Waals surface area (Å²) in [6.45, 7) is 0.785. The van der Waals surface area contributed by atoms with Gasteiger partial charge in [-0.2, -0.15) is 0 Å². The van der Waals surface area contributed by atoms with E-state index in [1.54, 1.807) is 6.07 Å². The standard InChI is InChI=1S/C11H11NO2/c13-9-4-5-11(14)10(8-9)12-6-2-1-3-7-12/h1-6,8,13-14H,7H2/p+1. The second kappa shape index (κ2) is 3.55. The number of benzene rings is 1. The minimum atomic E-state index is 0.174. The third-order valence-electron chi connectivity index (χ3n) is 2.21. The predicted octanol–water partition coefficient (Wildman–Crippen LogP) is 0.698. The number of phenols is 2. The highest BCUT2D eigenvalue weighted by atomic mass is 16.3. The molecule has 3 nitrogen and oxygen atoms in total. The van der Waals surface area contributed by atoms with E-state index >= 15 is 0 Å². The van der Waals surface area contributed by atoms with Crippen LogP contribution in [0.4, 0.5) is 5.69 Å². The van der Waals surface area contributed by atoms with Gasteiger partial charge < -0.3 is 10.2 Å². The monoisotopic (exact) mass is 190 g/mol. The van der Waals surface area contributed by atoms with Crippen LogP contribution < -0.4 is 4.90 Å². The smallest absolute Gasteiger partial charge is 0.181 e. The Labute approximate surface area is 82.2 Å². The van der Waals surface area contributed by atoms with Crippen LogP contribution in [0, 0.1) is 0 Å². The first-order valence-electron chi connectivity index (χ1n) is 4.49. The minimum Gasteiger partial charge on any atom is -0.508 e. The van der Waals surface area contributed by atoms with Crippen LogP contribution in [0.15, 0.2) is 42.6 Å². The second-order valence-electron chi connectivity index (χ2n) is 3.22. The van der Waals surface area contributed by atoms with Crippen LogP contribution in [0.1, 0.15) is 0 Å². The average Bonchev–Trinajstić information content (AvgIpc) is 2.23. The number of rotatable bonds is 1. The molecule has 0 saturated carbocycles. The Hall–Kier alpha value is -1.74. The number of allylic oxidation sites excluding steroid dienone is 2. The summed E-state index contributed by atoms with van der Waals surface area (Å²) in [4.78, 5) is 1.01. The van der Waals surface area contributed by atoms with Gasteiger partial charge in [0.1, 0.15) is 12.3 Å². The molecule has 1 unspecified atom stereocenters. The van der Waals surface area contributed by atoms with Gasteiger partial charge in [0.25, 0.3) is 0 Å². The molecule has 0 aliphatic carbocycles. The molecule has 0 saturated heterocycles. The van der Waals surface area contributed by atoms with Crippen molar-refractivity contribution in [3.05, 3.63) is 42.6 Å². The van der Waals surface area contributed by atoms with Gasteiger partial charge >= 0.3 is 0 Å². The van der Waals surface area contributed by atoms with Crippen molar-refractivity contribution in [1.29, 1.82) is 0 Å². The van der Waals surface area contributed by atoms with Crippen LogP contribution in [0.5, 0.6) is 11.5 Å². The lowest BCUT2D eigenvalue weighted by molar-refractivity contribution is -0.768. The zero-order chi connectivity index (χ0) is 9.97. The summed E-state index contributed by atoms with van der Waals surface area (Å²) in [5, 5.41) is 18.9. The molecule has 1 aliphatic rings. The van der Waals surface area contributed by atoms with Crippen molar-refractivity contribution in [2.45, 2.75) is 0 Å². The molecule has 1 heterocycles. The molecule has 3 heteroatoms. The molecule has 0 radical (unpaired) electrons. The van der Waals surface area contributed by atoms with E-state index in [0.717, 1.165) is 11.4 Å². The molecular weight excluding hydrogens is 178 g/mol. The number of quaternary nitrogens is 1. The Morgan fingerprint density at radius 2 is 2.00 bits per heavy atom. The molecule has 14 heavy (non-hydrogen) atoms. The minimum absolute atomic E-state index is 0.174. The fourth-order valence-corrected chi connectivity index (χ4v) is 1.49. The lowest BCUT2D eigenvalue weighted by Gasteiger charge is -2.15. The molecule has 0 spiro atoms. The topological polar surface area (TPSA) is 44.9 Å². The largest absolute Gasteiger partial charge is 0.508 e. The van der Waals surface area contributed by atoms with E-state index in [9.17, 15) is 10.2 Å². The molecule has 2 rings (SSSR count). The maximum Gasteiger partial charge on any atom is 0.181 e. The first kappa shape index (κ1) is 8.84. The molecule has 1 aromatic carbocycles. The maximum absolute atomic E-state index is 9.60. The molecule has 0 amide bonds. The summed E-state index contributed by atoms with van der Waals surface area (Å²) in [6.07, 6.45) is 7.83. The van der Waals surface area contributed by atoms with Gasteiger partial charge in [-0.15, -0.1) is 0 Å². The third kappa shape index (κ3) is 1.63. The lowest BCUT2D eigenvalue weighted by Crippen LogP contribution is -3.02. The van der Waals surface area contributed by atoms with Gasteiger partial charge in [0, 0.05) is 6.07 Å². The fraction of sp³-hybridized carbons (Fsp3) is 0.0909. The Kier molecular flexibility index (Phi) is 2.24. The maximum atomic E-state index is 9.60. The Bertz CT molecular complexity index is 396. The van der Waals surface area contributed by atoms with Crippen molar-refractivity contribution in [1.82, 2.24) is 0 Å². The lowest BCUT2D eigenvalue weighted by atomic mass is 10.2. The highest BCUT2D eigenvalue weighted by Crippen LogP contribution is 2.23. The van der Waals surface area contributed by atoms with Crippen LogP contribution >= 0.6 is 0 Å². The Morgan fingerprint density at radius 1 is 1.14 bits per heavy atom. The van der Waals surface area contributed by atoms with Crippen LogP contribution in [0.25, 0.3) is 0 Å². The van der Waals surface area contributed by atoms with E-state index in [0.29, 0.717) is 5.69 Å². The quantitative estimate of drug-likeness (QED) is 0.451. The second-order valence-corrected chi connectivity index (χ2v) is 3.22. The molecule has 1 atom stereocenters. The van der Waals surface area contributed by atoms with E-state index in [2.05, 4.69) is 0 Å². The number of nitrogens with one attached hydrogen (secondary N) is 1. The average molecular weight is 190 g/mol. The first-order valence-corrected chi connectivity index (χ1v) is 4.49. The van der Waals surface area contributed by atoms with Crippen molar-refractivity contribution in [2.24, 2.45) is 0 Å². The highest BCUT2D eigenvalue weighted by Gasteiger charge is 2.14. The van der Waals surface area contributed by atoms with Gasteiger partial charge in [-0.1, -0.05) is 6.08 Å². The number of hydrogen-bond donors (Lipinski definition) is 3. The summed E-state index contributed by atoms with van der Waals surface area (Å²) < 4.78 is 0. The molecule has 72 valence electrons. The predicted molar refractivity (Wildman–Crippen MR) is 53.5 cm³/mol. The summed E-state index contributed by atoms with van der Waals surface area (Å²) in [5.74, 6) is 0.381. The molecule has 0 bridgehead atoms. The van der Waals surface area contributed by atoms with Gasteiger partial charge in [0.05, 0.1) is 6.20 Å². The van der Waals surface area contributed by atoms with Crippen molar-refractivity contribution in [3.8, 4) is 11.5 Å². The first-order chi connectivity index (χ1) is 6.77. The van der Waals surface area contributed by atoms with Crippen molar-refractivity contribution in [3.63, 3.8) is 0 Å². The van der Waals surface area contributed by atoms with Crippen LogP contribution in [-0.4, -0.2) is 16.8 Å².